The van der Waals surface area contributed by atoms with Crippen LogP contribution in [-0.2, 0) is 6.54 Å². The molecule has 0 aliphatic rings. The van der Waals surface area contributed by atoms with Crippen molar-refractivity contribution in [1.82, 2.24) is 15.2 Å². The van der Waals surface area contributed by atoms with Crippen LogP contribution in [0, 0.1) is 0 Å². The molecule has 5 rings (SSSR count). The fourth-order valence-corrected chi connectivity index (χ4v) is 3.86. The highest BCUT2D eigenvalue weighted by atomic mass is 32.1. The van der Waals surface area contributed by atoms with Gasteiger partial charge in [0.1, 0.15) is 0 Å². The molecule has 0 aliphatic carbocycles. The summed E-state index contributed by atoms with van der Waals surface area (Å²) in [7, 11) is 0. The number of nitrogens with zero attached hydrogens (tertiary/aromatic N) is 2. The van der Waals surface area contributed by atoms with Crippen molar-refractivity contribution in [3.05, 3.63) is 96.0 Å². The lowest BCUT2D eigenvalue weighted by Gasteiger charge is -2.02. The molecule has 0 bridgehead atoms. The van der Waals surface area contributed by atoms with Crippen molar-refractivity contribution in [3.63, 3.8) is 0 Å². The smallest absolute Gasteiger partial charge is 0.183 e. The number of rotatable bonds is 5. The van der Waals surface area contributed by atoms with Gasteiger partial charge < -0.3 is 16.4 Å². The van der Waals surface area contributed by atoms with Gasteiger partial charge in [0.2, 0.25) is 0 Å². The summed E-state index contributed by atoms with van der Waals surface area (Å²) in [4.78, 5) is 4.66. The average Bonchev–Trinajstić information content (AvgIpc) is 3.48. The van der Waals surface area contributed by atoms with E-state index in [1.54, 1.807) is 11.3 Å². The number of fused-ring (bicyclic) bond motifs is 1. The summed E-state index contributed by atoms with van der Waals surface area (Å²) < 4.78 is 0. The normalized spacial score (nSPS) is 10.2. The Balaban J connectivity index is 0.000000207. The highest BCUT2D eigenvalue weighted by Crippen LogP contribution is 2.27. The maximum Gasteiger partial charge on any atom is 0.183 e. The number of aromatic nitrogens is 3. The predicted octanol–water partition coefficient (Wildman–Crippen LogP) is 5.64. The number of H-pyrrole nitrogens is 1. The minimum Gasteiger partial charge on any atom is -0.376 e. The van der Waals surface area contributed by atoms with E-state index >= 15 is 0 Å². The summed E-state index contributed by atoms with van der Waals surface area (Å²) in [5, 5.41) is 17.6. The molecule has 0 spiro atoms. The van der Waals surface area contributed by atoms with Crippen molar-refractivity contribution in [3.8, 4) is 11.3 Å². The van der Waals surface area contributed by atoms with Gasteiger partial charge in [0.15, 0.2) is 10.2 Å². The molecular weight excluding hydrogens is 436 g/mol. The SMILES string of the molecule is NC(=S)Nc1ccccc1.c1ccc(CNc2nc(-c3ccc4[nH]ncc4c3)cs2)cc1. The molecule has 0 fully saturated rings. The van der Waals surface area contributed by atoms with Crippen molar-refractivity contribution < 1.29 is 0 Å². The Morgan fingerprint density at radius 3 is 2.50 bits per heavy atom. The number of aromatic amines is 1. The highest BCUT2D eigenvalue weighted by molar-refractivity contribution is 7.80. The van der Waals surface area contributed by atoms with Gasteiger partial charge >= 0.3 is 0 Å². The molecule has 0 saturated carbocycles. The summed E-state index contributed by atoms with van der Waals surface area (Å²) in [6, 6.07) is 26.1. The van der Waals surface area contributed by atoms with Crippen molar-refractivity contribution in [2.45, 2.75) is 6.54 Å². The van der Waals surface area contributed by atoms with E-state index < -0.39 is 0 Å². The van der Waals surface area contributed by atoms with Crippen molar-refractivity contribution in [2.24, 2.45) is 5.73 Å². The zero-order valence-corrected chi connectivity index (χ0v) is 18.8. The largest absolute Gasteiger partial charge is 0.376 e. The summed E-state index contributed by atoms with van der Waals surface area (Å²) in [6.45, 7) is 0.786. The van der Waals surface area contributed by atoms with Gasteiger partial charge in [-0.1, -0.05) is 54.6 Å². The molecule has 8 heteroatoms. The summed E-state index contributed by atoms with van der Waals surface area (Å²) >= 11 is 6.27. The van der Waals surface area contributed by atoms with E-state index in [0.717, 1.165) is 39.5 Å². The average molecular weight is 459 g/mol. The number of anilines is 2. The second kappa shape index (κ2) is 10.5. The van der Waals surface area contributed by atoms with Gasteiger partial charge in [-0.05, 0) is 42.0 Å². The first-order chi connectivity index (χ1) is 15.7. The maximum absolute atomic E-state index is 5.24. The van der Waals surface area contributed by atoms with E-state index in [-0.39, 0.29) is 0 Å². The Bertz CT molecular complexity index is 1280. The topological polar surface area (TPSA) is 91.6 Å². The Morgan fingerprint density at radius 1 is 1.00 bits per heavy atom. The highest BCUT2D eigenvalue weighted by Gasteiger charge is 2.06. The van der Waals surface area contributed by atoms with Crippen molar-refractivity contribution in [2.75, 3.05) is 10.6 Å². The molecule has 2 aromatic heterocycles. The van der Waals surface area contributed by atoms with E-state index in [0.29, 0.717) is 5.11 Å². The van der Waals surface area contributed by atoms with Gasteiger partial charge in [-0.2, -0.15) is 5.10 Å². The van der Waals surface area contributed by atoms with Crippen LogP contribution in [0.3, 0.4) is 0 Å². The Labute approximate surface area is 195 Å². The lowest BCUT2D eigenvalue weighted by molar-refractivity contribution is 1.12. The van der Waals surface area contributed by atoms with Crippen molar-refractivity contribution in [1.29, 1.82) is 0 Å². The number of hydrogen-bond donors (Lipinski definition) is 4. The van der Waals surface area contributed by atoms with Crippen LogP contribution in [0.4, 0.5) is 10.8 Å². The molecule has 32 heavy (non-hydrogen) atoms. The third-order valence-corrected chi connectivity index (χ3v) is 5.47. The molecule has 3 aromatic carbocycles. The van der Waals surface area contributed by atoms with Gasteiger partial charge in [0, 0.05) is 28.6 Å². The molecule has 6 nitrogen and oxygen atoms in total. The monoisotopic (exact) mass is 458 g/mol. The third-order valence-electron chi connectivity index (χ3n) is 4.57. The molecule has 0 atom stereocenters. The van der Waals surface area contributed by atoms with Crippen LogP contribution in [0.25, 0.3) is 22.2 Å². The van der Waals surface area contributed by atoms with Crippen molar-refractivity contribution >= 4 is 50.4 Å². The summed E-state index contributed by atoms with van der Waals surface area (Å²) in [5.74, 6) is 0. The fourth-order valence-electron chi connectivity index (χ4n) is 3.03. The molecule has 5 aromatic rings. The first kappa shape index (κ1) is 21.5. The van der Waals surface area contributed by atoms with Crippen LogP contribution in [-0.4, -0.2) is 20.3 Å². The van der Waals surface area contributed by atoms with Crippen LogP contribution >= 0.6 is 23.6 Å². The van der Waals surface area contributed by atoms with Gasteiger partial charge in [0.25, 0.3) is 0 Å². The minimum absolute atomic E-state index is 0.297. The molecule has 0 unspecified atom stereocenters. The Hall–Kier alpha value is -3.75. The number of nitrogens with two attached hydrogens (primary N) is 1. The second-order valence-corrected chi connectivity index (χ2v) is 8.20. The van der Waals surface area contributed by atoms with Crippen LogP contribution < -0.4 is 16.4 Å². The number of benzene rings is 3. The van der Waals surface area contributed by atoms with Gasteiger partial charge in [-0.15, -0.1) is 11.3 Å². The number of nitrogens with one attached hydrogen (secondary N) is 3. The lowest BCUT2D eigenvalue weighted by Crippen LogP contribution is -2.18. The number of para-hydroxylation sites is 1. The van der Waals surface area contributed by atoms with Crippen LogP contribution in [0.5, 0.6) is 0 Å². The van der Waals surface area contributed by atoms with Gasteiger partial charge in [0.05, 0.1) is 17.4 Å². The zero-order chi connectivity index (χ0) is 22.2. The molecule has 0 aliphatic heterocycles. The predicted molar refractivity (Wildman–Crippen MR) is 138 cm³/mol. The maximum atomic E-state index is 5.24. The molecule has 2 heterocycles. The Morgan fingerprint density at radius 2 is 1.75 bits per heavy atom. The molecular formula is C24H22N6S2. The zero-order valence-electron chi connectivity index (χ0n) is 17.2. The number of hydrogen-bond acceptors (Lipinski definition) is 5. The number of thiazole rings is 1. The quantitative estimate of drug-likeness (QED) is 0.255. The molecule has 0 radical (unpaired) electrons. The fraction of sp³-hybridized carbons (Fsp3) is 0.0417. The molecule has 160 valence electrons. The van der Waals surface area contributed by atoms with E-state index in [1.165, 1.54) is 5.56 Å². The first-order valence-electron chi connectivity index (χ1n) is 9.96. The van der Waals surface area contributed by atoms with Gasteiger partial charge in [-0.3, -0.25) is 5.10 Å². The third kappa shape index (κ3) is 5.90. The van der Waals surface area contributed by atoms with E-state index in [9.17, 15) is 0 Å². The van der Waals surface area contributed by atoms with Gasteiger partial charge in [-0.25, -0.2) is 4.98 Å². The second-order valence-electron chi connectivity index (χ2n) is 6.90. The standard InChI is InChI=1S/C17H14N4S.C7H8N2S/c1-2-4-12(5-3-1)9-18-17-20-16(11-22-17)13-6-7-15-14(8-13)10-19-21-15;8-7(10)9-6-4-2-1-3-5-6/h1-8,10-11H,9H2,(H,18,20)(H,19,21);1-5H,(H3,8,9,10). The van der Waals surface area contributed by atoms with Crippen LogP contribution in [0.2, 0.25) is 0 Å². The lowest BCUT2D eigenvalue weighted by atomic mass is 10.1. The van der Waals surface area contributed by atoms with Crippen LogP contribution in [0.15, 0.2) is 90.4 Å². The minimum atomic E-state index is 0.297. The summed E-state index contributed by atoms with van der Waals surface area (Å²) in [5.41, 5.74) is 10.6. The Kier molecular flexibility index (Phi) is 7.06. The summed E-state index contributed by atoms with van der Waals surface area (Å²) in [6.07, 6.45) is 1.83. The molecule has 5 N–H and O–H groups in total. The first-order valence-corrected chi connectivity index (χ1v) is 11.2. The van der Waals surface area contributed by atoms with E-state index in [4.69, 9.17) is 5.73 Å². The molecule has 0 saturated heterocycles. The number of thiocarbonyl (C=S) groups is 1. The van der Waals surface area contributed by atoms with E-state index in [1.807, 2.05) is 60.8 Å². The van der Waals surface area contributed by atoms with E-state index in [2.05, 4.69) is 67.7 Å². The molecule has 0 amide bonds. The van der Waals surface area contributed by atoms with Crippen LogP contribution in [0.1, 0.15) is 5.56 Å².